The van der Waals surface area contributed by atoms with Crippen LogP contribution in [0.5, 0.6) is 0 Å². The Morgan fingerprint density at radius 2 is 1.65 bits per heavy atom. The fourth-order valence-electron chi connectivity index (χ4n) is 7.20. The molecule has 43 heavy (non-hydrogen) atoms. The number of likely N-dealkylation sites (tertiary alicyclic amines) is 3. The van der Waals surface area contributed by atoms with E-state index in [1.807, 2.05) is 15.2 Å². The van der Waals surface area contributed by atoms with Crippen LogP contribution in [0.4, 0.5) is 21.0 Å². The lowest BCUT2D eigenvalue weighted by Gasteiger charge is -2.42. The van der Waals surface area contributed by atoms with Gasteiger partial charge in [-0.3, -0.25) is 0 Å². The van der Waals surface area contributed by atoms with Crippen molar-refractivity contribution in [3.8, 4) is 0 Å². The van der Waals surface area contributed by atoms with Crippen molar-refractivity contribution < 1.29 is 9.59 Å². The fraction of sp³-hybridized carbons (Fsp3) is 0.613. The van der Waals surface area contributed by atoms with Crippen LogP contribution in [0.1, 0.15) is 56.1 Å². The summed E-state index contributed by atoms with van der Waals surface area (Å²) in [6.45, 7) is 7.38. The molecule has 0 saturated carbocycles. The molecule has 1 aromatic carbocycles. The molecular formula is C31H43Br2N7O2S. The molecule has 3 saturated heterocycles. The summed E-state index contributed by atoms with van der Waals surface area (Å²) in [5.41, 5.74) is 10.1. The highest BCUT2D eigenvalue weighted by atomic mass is 79.9. The average Bonchev–Trinajstić information content (AvgIpc) is 3.47. The van der Waals surface area contributed by atoms with E-state index in [4.69, 9.17) is 5.73 Å². The van der Waals surface area contributed by atoms with Crippen molar-refractivity contribution in [1.82, 2.24) is 24.9 Å². The molecule has 234 valence electrons. The molecule has 12 heteroatoms. The monoisotopic (exact) mass is 735 g/mol. The van der Waals surface area contributed by atoms with Crippen LogP contribution < -0.4 is 16.4 Å². The lowest BCUT2D eigenvalue weighted by molar-refractivity contribution is 0.0872. The summed E-state index contributed by atoms with van der Waals surface area (Å²) in [7, 11) is 0. The number of nitrogens with two attached hydrogens (primary N) is 1. The molecule has 9 nitrogen and oxygen atoms in total. The number of nitrogen functional groups attached to an aromatic ring is 1. The number of hydrogen-bond donors (Lipinski definition) is 3. The number of thiophene rings is 1. The number of nitrogens with zero attached hydrogens (tertiary/aromatic N) is 4. The Hall–Kier alpha value is -1.86. The number of hydrogen-bond acceptors (Lipinski definition) is 6. The lowest BCUT2D eigenvalue weighted by Crippen LogP contribution is -2.55. The SMILES string of the molecule is Nc1c(Br)cc(CC(CN2CCC(N3CCCCC3)CC2)NC(=O)N2CCC(N3Cc4cscc4NC3=O)CC2)cc1Br. The summed E-state index contributed by atoms with van der Waals surface area (Å²) in [4.78, 5) is 35.5. The van der Waals surface area contributed by atoms with Crippen molar-refractivity contribution in [1.29, 1.82) is 0 Å². The van der Waals surface area contributed by atoms with Gasteiger partial charge in [0.1, 0.15) is 0 Å². The smallest absolute Gasteiger partial charge is 0.322 e. The van der Waals surface area contributed by atoms with Gasteiger partial charge in [0.15, 0.2) is 0 Å². The van der Waals surface area contributed by atoms with E-state index in [1.165, 1.54) is 50.8 Å². The normalized spacial score (nSPS) is 21.9. The minimum atomic E-state index is -0.0289. The molecule has 1 unspecified atom stereocenters. The number of halogens is 2. The summed E-state index contributed by atoms with van der Waals surface area (Å²) < 4.78 is 1.73. The van der Waals surface area contributed by atoms with E-state index >= 15 is 0 Å². The van der Waals surface area contributed by atoms with Gasteiger partial charge in [-0.15, -0.1) is 11.3 Å². The Bertz CT molecular complexity index is 1260. The predicted octanol–water partition coefficient (Wildman–Crippen LogP) is 5.94. The van der Waals surface area contributed by atoms with Gasteiger partial charge < -0.3 is 36.0 Å². The molecule has 6 rings (SSSR count). The third-order valence-electron chi connectivity index (χ3n) is 9.67. The van der Waals surface area contributed by atoms with E-state index in [0.717, 1.165) is 59.1 Å². The van der Waals surface area contributed by atoms with Gasteiger partial charge in [-0.1, -0.05) is 6.42 Å². The van der Waals surface area contributed by atoms with Crippen LogP contribution in [-0.4, -0.2) is 95.6 Å². The molecule has 4 aliphatic rings. The predicted molar refractivity (Wildman–Crippen MR) is 181 cm³/mol. The Kier molecular flexibility index (Phi) is 10.2. The maximum atomic E-state index is 13.6. The number of rotatable bonds is 7. The van der Waals surface area contributed by atoms with Crippen LogP contribution in [0.2, 0.25) is 0 Å². The van der Waals surface area contributed by atoms with E-state index < -0.39 is 0 Å². The molecule has 1 atom stereocenters. The molecule has 1 aromatic heterocycles. The Balaban J connectivity index is 1.06. The molecule has 4 aliphatic heterocycles. The zero-order chi connectivity index (χ0) is 29.9. The number of carbonyl (C=O) groups is 2. The second-order valence-electron chi connectivity index (χ2n) is 12.5. The van der Waals surface area contributed by atoms with Gasteiger partial charge in [0.25, 0.3) is 0 Å². The van der Waals surface area contributed by atoms with Crippen molar-refractivity contribution in [3.05, 3.63) is 43.0 Å². The largest absolute Gasteiger partial charge is 0.397 e. The molecule has 2 aromatic rings. The maximum absolute atomic E-state index is 13.6. The minimum Gasteiger partial charge on any atom is -0.397 e. The third-order valence-corrected chi connectivity index (χ3v) is 11.8. The molecular weight excluding hydrogens is 694 g/mol. The fourth-order valence-corrected chi connectivity index (χ4v) is 9.26. The Labute approximate surface area is 275 Å². The summed E-state index contributed by atoms with van der Waals surface area (Å²) in [5, 5.41) is 10.5. The lowest BCUT2D eigenvalue weighted by atomic mass is 9.98. The zero-order valence-electron chi connectivity index (χ0n) is 24.7. The maximum Gasteiger partial charge on any atom is 0.322 e. The summed E-state index contributed by atoms with van der Waals surface area (Å²) >= 11 is 8.81. The third kappa shape index (κ3) is 7.52. The Morgan fingerprint density at radius 1 is 0.977 bits per heavy atom. The quantitative estimate of drug-likeness (QED) is 0.306. The molecule has 4 amide bonds. The second-order valence-corrected chi connectivity index (χ2v) is 15.0. The van der Waals surface area contributed by atoms with E-state index in [1.54, 1.807) is 11.3 Å². The van der Waals surface area contributed by atoms with Crippen LogP contribution in [0.15, 0.2) is 31.8 Å². The number of piperidine rings is 3. The number of benzene rings is 1. The summed E-state index contributed by atoms with van der Waals surface area (Å²) in [6, 6.07) is 4.90. The molecule has 3 fully saturated rings. The Morgan fingerprint density at radius 3 is 2.35 bits per heavy atom. The first-order chi connectivity index (χ1) is 20.8. The second kappa shape index (κ2) is 14.1. The zero-order valence-corrected chi connectivity index (χ0v) is 28.7. The average molecular weight is 738 g/mol. The van der Waals surface area contributed by atoms with E-state index in [2.05, 4.69) is 69.8 Å². The van der Waals surface area contributed by atoms with Crippen LogP contribution in [0.3, 0.4) is 0 Å². The van der Waals surface area contributed by atoms with E-state index in [0.29, 0.717) is 31.4 Å². The highest BCUT2D eigenvalue weighted by Crippen LogP contribution is 2.32. The highest BCUT2D eigenvalue weighted by molar-refractivity contribution is 9.11. The van der Waals surface area contributed by atoms with Crippen LogP contribution in [0, 0.1) is 0 Å². The molecule has 0 radical (unpaired) electrons. The number of anilines is 2. The van der Waals surface area contributed by atoms with Crippen molar-refractivity contribution in [3.63, 3.8) is 0 Å². The molecule has 0 spiro atoms. The molecule has 5 heterocycles. The standard InChI is InChI=1S/C31H43Br2N7O2S/c32-26-15-21(16-27(33)29(26)34)14-23(18-37-10-4-24(5-11-37)38-8-2-1-3-9-38)35-30(41)39-12-6-25(7-13-39)40-17-22-19-43-20-28(22)36-31(40)42/h15-16,19-20,23-25H,1-14,17-18,34H2,(H,35,41)(H,36,42). The van der Waals surface area contributed by atoms with E-state index in [-0.39, 0.29) is 24.1 Å². The van der Waals surface area contributed by atoms with Gasteiger partial charge in [-0.05, 0) is 126 Å². The van der Waals surface area contributed by atoms with E-state index in [9.17, 15) is 9.59 Å². The minimum absolute atomic E-state index is 0.0107. The van der Waals surface area contributed by atoms with Gasteiger partial charge in [0, 0.05) is 57.6 Å². The number of nitrogens with one attached hydrogen (secondary N) is 2. The van der Waals surface area contributed by atoms with Gasteiger partial charge in [-0.25, -0.2) is 9.59 Å². The summed E-state index contributed by atoms with van der Waals surface area (Å²) in [6.07, 6.45) is 8.73. The van der Waals surface area contributed by atoms with Crippen LogP contribution >= 0.6 is 43.2 Å². The van der Waals surface area contributed by atoms with Crippen LogP contribution in [-0.2, 0) is 13.0 Å². The van der Waals surface area contributed by atoms with Crippen molar-refractivity contribution in [2.75, 3.05) is 56.9 Å². The van der Waals surface area contributed by atoms with Gasteiger partial charge in [0.05, 0.1) is 17.9 Å². The van der Waals surface area contributed by atoms with Crippen LogP contribution in [0.25, 0.3) is 0 Å². The summed E-state index contributed by atoms with van der Waals surface area (Å²) in [5.74, 6) is 0. The van der Waals surface area contributed by atoms with Gasteiger partial charge >= 0.3 is 12.1 Å². The topological polar surface area (TPSA) is 97.2 Å². The molecule has 4 N–H and O–H groups in total. The first-order valence-corrected chi connectivity index (χ1v) is 18.2. The highest BCUT2D eigenvalue weighted by Gasteiger charge is 2.34. The number of amides is 4. The first-order valence-electron chi connectivity index (χ1n) is 15.7. The van der Waals surface area contributed by atoms with Gasteiger partial charge in [-0.2, -0.15) is 0 Å². The molecule has 0 aliphatic carbocycles. The number of carbonyl (C=O) groups excluding carboxylic acids is 2. The van der Waals surface area contributed by atoms with Crippen molar-refractivity contribution >= 4 is 66.6 Å². The molecule has 0 bridgehead atoms. The van der Waals surface area contributed by atoms with Crippen molar-refractivity contribution in [2.24, 2.45) is 0 Å². The van der Waals surface area contributed by atoms with Gasteiger partial charge in [0.2, 0.25) is 0 Å². The van der Waals surface area contributed by atoms with Crippen molar-refractivity contribution in [2.45, 2.75) is 76.0 Å². The number of urea groups is 2. The number of fused-ring (bicyclic) bond motifs is 1. The first kappa shape index (κ1) is 31.1.